The van der Waals surface area contributed by atoms with Gasteiger partial charge in [-0.2, -0.15) is 0 Å². The molecule has 1 atom stereocenters. The molecule has 1 aliphatic heterocycles. The summed E-state index contributed by atoms with van der Waals surface area (Å²) in [7, 11) is 0.246. The Kier molecular flexibility index (Phi) is 5.74. The fraction of sp³-hybridized carbons (Fsp3) is 0.600. The molecule has 104 valence electrons. The fourth-order valence-electron chi connectivity index (χ4n) is 2.64. The molecular weight excluding hydrogens is 256 g/mol. The summed E-state index contributed by atoms with van der Waals surface area (Å²) in [6.07, 6.45) is 6.07. The van der Waals surface area contributed by atoms with Crippen molar-refractivity contribution < 1.29 is 4.65 Å². The Balaban J connectivity index is 1.73. The molecule has 2 nitrogen and oxygen atoms in total. The van der Waals surface area contributed by atoms with E-state index in [-0.39, 0.29) is 7.05 Å². The van der Waals surface area contributed by atoms with E-state index in [1.807, 2.05) is 6.07 Å². The van der Waals surface area contributed by atoms with Gasteiger partial charge in [-0.3, -0.25) is 0 Å². The molecule has 1 fully saturated rings. The summed E-state index contributed by atoms with van der Waals surface area (Å²) in [6.45, 7) is 5.36. The highest BCUT2D eigenvalue weighted by Gasteiger charge is 2.27. The standard InChI is InChI=1S/C15H23BClNO/c1-3-5-15-11-18-16(19-15)9-4-6-13-10-14(17)8-7-12(13)2/h7-8,10,15,18H,3-6,9,11H2,1-2H3. The second-order valence-electron chi connectivity index (χ2n) is 5.41. The van der Waals surface area contributed by atoms with E-state index in [4.69, 9.17) is 16.3 Å². The maximum Gasteiger partial charge on any atom is 0.379 e. The summed E-state index contributed by atoms with van der Waals surface area (Å²) in [4.78, 5) is 0. The summed E-state index contributed by atoms with van der Waals surface area (Å²) in [5, 5.41) is 4.29. The Labute approximate surface area is 122 Å². The van der Waals surface area contributed by atoms with E-state index < -0.39 is 0 Å². The van der Waals surface area contributed by atoms with Gasteiger partial charge in [0, 0.05) is 11.6 Å². The van der Waals surface area contributed by atoms with Crippen LogP contribution < -0.4 is 5.23 Å². The van der Waals surface area contributed by atoms with Crippen molar-refractivity contribution in [1.29, 1.82) is 0 Å². The Hall–Kier alpha value is -0.505. The maximum absolute atomic E-state index is 6.04. The number of hydrogen-bond donors (Lipinski definition) is 1. The van der Waals surface area contributed by atoms with Gasteiger partial charge < -0.3 is 9.88 Å². The van der Waals surface area contributed by atoms with Gasteiger partial charge in [-0.05, 0) is 49.3 Å². The highest BCUT2D eigenvalue weighted by atomic mass is 35.5. The normalized spacial score (nSPS) is 19.1. The molecule has 0 spiro atoms. The second-order valence-corrected chi connectivity index (χ2v) is 5.84. The first-order valence-corrected chi connectivity index (χ1v) is 7.70. The van der Waals surface area contributed by atoms with E-state index in [0.29, 0.717) is 6.10 Å². The van der Waals surface area contributed by atoms with Crippen LogP contribution in [-0.4, -0.2) is 19.7 Å². The number of benzene rings is 1. The minimum atomic E-state index is 0.246. The van der Waals surface area contributed by atoms with Crippen molar-refractivity contribution in [3.05, 3.63) is 34.3 Å². The Morgan fingerprint density at radius 2 is 2.32 bits per heavy atom. The lowest BCUT2D eigenvalue weighted by Crippen LogP contribution is -2.27. The largest absolute Gasteiger partial charge is 0.417 e. The monoisotopic (exact) mass is 279 g/mol. The lowest BCUT2D eigenvalue weighted by molar-refractivity contribution is 0.229. The van der Waals surface area contributed by atoms with Crippen LogP contribution in [0.15, 0.2) is 18.2 Å². The molecule has 0 saturated carbocycles. The van der Waals surface area contributed by atoms with Crippen LogP contribution in [0, 0.1) is 6.92 Å². The molecular formula is C15H23BClNO. The fourth-order valence-corrected chi connectivity index (χ4v) is 2.84. The van der Waals surface area contributed by atoms with E-state index in [9.17, 15) is 0 Å². The van der Waals surface area contributed by atoms with Crippen molar-refractivity contribution >= 4 is 18.7 Å². The highest BCUT2D eigenvalue weighted by Crippen LogP contribution is 2.19. The van der Waals surface area contributed by atoms with Crippen molar-refractivity contribution in [3.8, 4) is 0 Å². The molecule has 1 unspecified atom stereocenters. The number of aryl methyl sites for hydroxylation is 2. The van der Waals surface area contributed by atoms with Crippen LogP contribution >= 0.6 is 11.6 Å². The molecule has 2 rings (SSSR count). The third kappa shape index (κ3) is 4.52. The molecule has 19 heavy (non-hydrogen) atoms. The molecule has 0 radical (unpaired) electrons. The third-order valence-corrected chi connectivity index (χ3v) is 4.00. The maximum atomic E-state index is 6.04. The van der Waals surface area contributed by atoms with Gasteiger partial charge in [0.1, 0.15) is 0 Å². The topological polar surface area (TPSA) is 21.3 Å². The molecule has 1 aliphatic rings. The van der Waals surface area contributed by atoms with Gasteiger partial charge in [0.05, 0.1) is 6.10 Å². The van der Waals surface area contributed by atoms with E-state index in [1.165, 1.54) is 17.5 Å². The Morgan fingerprint density at radius 3 is 3.11 bits per heavy atom. The van der Waals surface area contributed by atoms with Crippen LogP contribution in [0.4, 0.5) is 0 Å². The summed E-state index contributed by atoms with van der Waals surface area (Å²) < 4.78 is 5.96. The van der Waals surface area contributed by atoms with Gasteiger partial charge in [-0.25, -0.2) is 0 Å². The third-order valence-electron chi connectivity index (χ3n) is 3.76. The summed E-state index contributed by atoms with van der Waals surface area (Å²) in [5.41, 5.74) is 2.68. The van der Waals surface area contributed by atoms with Crippen molar-refractivity contribution in [2.24, 2.45) is 0 Å². The predicted molar refractivity (Wildman–Crippen MR) is 82.9 cm³/mol. The second kappa shape index (κ2) is 7.32. The van der Waals surface area contributed by atoms with Crippen molar-refractivity contribution in [1.82, 2.24) is 5.23 Å². The number of halogens is 1. The average Bonchev–Trinajstić information content (AvgIpc) is 2.82. The Morgan fingerprint density at radius 1 is 1.47 bits per heavy atom. The molecule has 0 aliphatic carbocycles. The average molecular weight is 280 g/mol. The molecule has 1 N–H and O–H groups in total. The smallest absolute Gasteiger partial charge is 0.379 e. The highest BCUT2D eigenvalue weighted by molar-refractivity contribution is 6.49. The van der Waals surface area contributed by atoms with E-state index in [1.54, 1.807) is 0 Å². The minimum Gasteiger partial charge on any atom is -0.417 e. The first-order valence-electron chi connectivity index (χ1n) is 7.33. The minimum absolute atomic E-state index is 0.246. The van der Waals surface area contributed by atoms with Crippen LogP contribution in [-0.2, 0) is 11.1 Å². The van der Waals surface area contributed by atoms with Crippen molar-refractivity contribution in [3.63, 3.8) is 0 Å². The summed E-state index contributed by atoms with van der Waals surface area (Å²) in [5.74, 6) is 0. The van der Waals surface area contributed by atoms with Gasteiger partial charge in [0.15, 0.2) is 0 Å². The Bertz CT molecular complexity index is 413. The first kappa shape index (κ1) is 14.9. The molecule has 1 heterocycles. The predicted octanol–water partition coefficient (Wildman–Crippen LogP) is 3.86. The molecule has 4 heteroatoms. The number of hydrogen-bond acceptors (Lipinski definition) is 2. The zero-order chi connectivity index (χ0) is 13.7. The van der Waals surface area contributed by atoms with Gasteiger partial charge in [0.2, 0.25) is 0 Å². The molecule has 0 bridgehead atoms. The van der Waals surface area contributed by atoms with Gasteiger partial charge in [-0.15, -0.1) is 0 Å². The van der Waals surface area contributed by atoms with Crippen LogP contribution in [0.5, 0.6) is 0 Å². The van der Waals surface area contributed by atoms with Gasteiger partial charge >= 0.3 is 7.05 Å². The van der Waals surface area contributed by atoms with E-state index >= 15 is 0 Å². The van der Waals surface area contributed by atoms with E-state index in [2.05, 4.69) is 31.2 Å². The summed E-state index contributed by atoms with van der Waals surface area (Å²) >= 11 is 6.04. The molecule has 0 aromatic heterocycles. The van der Waals surface area contributed by atoms with E-state index in [0.717, 1.165) is 37.2 Å². The van der Waals surface area contributed by atoms with Crippen molar-refractivity contribution in [2.45, 2.75) is 52.0 Å². The molecule has 1 aromatic rings. The van der Waals surface area contributed by atoms with Crippen LogP contribution in [0.2, 0.25) is 11.3 Å². The molecule has 1 saturated heterocycles. The zero-order valence-electron chi connectivity index (χ0n) is 11.9. The lowest BCUT2D eigenvalue weighted by Gasteiger charge is -2.10. The zero-order valence-corrected chi connectivity index (χ0v) is 12.7. The first-order chi connectivity index (χ1) is 9.19. The quantitative estimate of drug-likeness (QED) is 0.799. The molecule has 1 aromatic carbocycles. The van der Waals surface area contributed by atoms with Crippen LogP contribution in [0.1, 0.15) is 37.3 Å². The SMILES string of the molecule is CCCC1CNB(CCCc2cc(Cl)ccc2C)O1. The van der Waals surface area contributed by atoms with Gasteiger partial charge in [0.25, 0.3) is 0 Å². The van der Waals surface area contributed by atoms with Gasteiger partial charge in [-0.1, -0.05) is 37.4 Å². The lowest BCUT2D eigenvalue weighted by atomic mass is 9.77. The van der Waals surface area contributed by atoms with Crippen molar-refractivity contribution in [2.75, 3.05) is 6.54 Å². The summed E-state index contributed by atoms with van der Waals surface area (Å²) in [6, 6.07) is 6.14. The number of rotatable bonds is 6. The molecule has 0 amide bonds. The number of nitrogens with one attached hydrogen (secondary N) is 1. The van der Waals surface area contributed by atoms with Crippen LogP contribution in [0.3, 0.4) is 0 Å². The van der Waals surface area contributed by atoms with Crippen LogP contribution in [0.25, 0.3) is 0 Å².